The lowest BCUT2D eigenvalue weighted by atomic mass is 9.88. The van der Waals surface area contributed by atoms with Crippen LogP contribution in [0.1, 0.15) is 43.7 Å². The summed E-state index contributed by atoms with van der Waals surface area (Å²) in [5, 5.41) is 13.2. The zero-order chi connectivity index (χ0) is 16.7. The van der Waals surface area contributed by atoms with E-state index in [9.17, 15) is 9.67 Å². The van der Waals surface area contributed by atoms with Crippen LogP contribution >= 0.6 is 7.60 Å². The van der Waals surface area contributed by atoms with E-state index in [1.165, 1.54) is 20.6 Å². The third-order valence-electron chi connectivity index (χ3n) is 4.70. The van der Waals surface area contributed by atoms with Gasteiger partial charge in [-0.2, -0.15) is 0 Å². The highest BCUT2D eigenvalue weighted by molar-refractivity contribution is 7.54. The Kier molecular flexibility index (Phi) is 7.25. The molecule has 5 nitrogen and oxygen atoms in total. The zero-order valence-corrected chi connectivity index (χ0v) is 14.9. The summed E-state index contributed by atoms with van der Waals surface area (Å²) in [4.78, 5) is 0. The third-order valence-corrected chi connectivity index (χ3v) is 6.97. The van der Waals surface area contributed by atoms with Crippen LogP contribution in [0.25, 0.3) is 0 Å². The van der Waals surface area contributed by atoms with E-state index in [2.05, 4.69) is 5.32 Å². The average Bonchev–Trinajstić information content (AvgIpc) is 2.63. The van der Waals surface area contributed by atoms with Gasteiger partial charge in [-0.3, -0.25) is 9.88 Å². The van der Waals surface area contributed by atoms with Crippen molar-refractivity contribution in [3.05, 3.63) is 35.9 Å². The van der Waals surface area contributed by atoms with Crippen LogP contribution in [0.3, 0.4) is 0 Å². The lowest BCUT2D eigenvalue weighted by Crippen LogP contribution is -2.41. The molecule has 0 aromatic heterocycles. The molecule has 0 amide bonds. The molecule has 0 heterocycles. The van der Waals surface area contributed by atoms with Gasteiger partial charge in [0, 0.05) is 14.2 Å². The van der Waals surface area contributed by atoms with E-state index in [0.29, 0.717) is 0 Å². The quantitative estimate of drug-likeness (QED) is 0.706. The maximum absolute atomic E-state index is 13.0. The minimum absolute atomic E-state index is 0.0688. The van der Waals surface area contributed by atoms with Crippen molar-refractivity contribution in [1.82, 2.24) is 5.32 Å². The van der Waals surface area contributed by atoms with Gasteiger partial charge in [0.2, 0.25) is 0 Å². The van der Waals surface area contributed by atoms with E-state index in [1.54, 1.807) is 0 Å². The highest BCUT2D eigenvalue weighted by Crippen LogP contribution is 2.55. The van der Waals surface area contributed by atoms with Crippen LogP contribution in [-0.2, 0) is 13.6 Å². The molecule has 0 unspecified atom stereocenters. The maximum atomic E-state index is 13.0. The summed E-state index contributed by atoms with van der Waals surface area (Å²) in [7, 11) is -0.412. The molecule has 1 aromatic carbocycles. The maximum Gasteiger partial charge on any atom is 0.347 e. The molecule has 1 fully saturated rings. The number of hydrogen-bond donors (Lipinski definition) is 2. The summed E-state index contributed by atoms with van der Waals surface area (Å²) >= 11 is 0. The first-order valence-corrected chi connectivity index (χ1v) is 9.89. The van der Waals surface area contributed by atoms with Crippen LogP contribution in [0.5, 0.6) is 0 Å². The summed E-state index contributed by atoms with van der Waals surface area (Å²) < 4.78 is 23.6. The molecule has 23 heavy (non-hydrogen) atoms. The topological polar surface area (TPSA) is 67.8 Å². The smallest absolute Gasteiger partial charge is 0.347 e. The molecule has 0 saturated heterocycles. The Morgan fingerprint density at radius 3 is 2.30 bits per heavy atom. The number of hydrogen-bond acceptors (Lipinski definition) is 5. The molecule has 2 N–H and O–H groups in total. The predicted molar refractivity (Wildman–Crippen MR) is 91.4 cm³/mol. The molecule has 2 rings (SSSR count). The van der Waals surface area contributed by atoms with Gasteiger partial charge in [-0.1, -0.05) is 49.6 Å². The Hall–Kier alpha value is -0.710. The SMILES string of the molecule is COP(=O)(OC)[C@H](N[C@@H](CO)c1ccccc1)C1CCCCC1. The Balaban J connectivity index is 2.23. The summed E-state index contributed by atoms with van der Waals surface area (Å²) in [6.45, 7) is -0.0688. The lowest BCUT2D eigenvalue weighted by molar-refractivity contribution is 0.191. The Morgan fingerprint density at radius 2 is 1.78 bits per heavy atom. The van der Waals surface area contributed by atoms with E-state index >= 15 is 0 Å². The summed E-state index contributed by atoms with van der Waals surface area (Å²) in [6.07, 6.45) is 5.48. The van der Waals surface area contributed by atoms with E-state index in [0.717, 1.165) is 31.2 Å². The monoisotopic (exact) mass is 341 g/mol. The second-order valence-electron chi connectivity index (χ2n) is 6.06. The van der Waals surface area contributed by atoms with Crippen molar-refractivity contribution in [1.29, 1.82) is 0 Å². The average molecular weight is 341 g/mol. The first kappa shape index (κ1) is 18.6. The predicted octanol–water partition coefficient (Wildman–Crippen LogP) is 3.70. The van der Waals surface area contributed by atoms with Gasteiger partial charge in [-0.25, -0.2) is 0 Å². The molecular weight excluding hydrogens is 313 g/mol. The Morgan fingerprint density at radius 1 is 1.17 bits per heavy atom. The fourth-order valence-electron chi connectivity index (χ4n) is 3.38. The van der Waals surface area contributed by atoms with E-state index < -0.39 is 13.4 Å². The fraction of sp³-hybridized carbons (Fsp3) is 0.647. The fourth-order valence-corrected chi connectivity index (χ4v) is 5.16. The largest absolute Gasteiger partial charge is 0.394 e. The van der Waals surface area contributed by atoms with Crippen molar-refractivity contribution in [2.45, 2.75) is 43.9 Å². The van der Waals surface area contributed by atoms with Crippen LogP contribution in [0.4, 0.5) is 0 Å². The van der Waals surface area contributed by atoms with E-state index in [1.807, 2.05) is 30.3 Å². The minimum Gasteiger partial charge on any atom is -0.394 e. The summed E-state index contributed by atoms with van der Waals surface area (Å²) in [5.74, 6) is -0.178. The van der Waals surface area contributed by atoms with Crippen molar-refractivity contribution in [2.24, 2.45) is 5.92 Å². The molecule has 0 bridgehead atoms. The lowest BCUT2D eigenvalue weighted by Gasteiger charge is -2.36. The molecule has 6 heteroatoms. The first-order chi connectivity index (χ1) is 11.1. The van der Waals surface area contributed by atoms with Crippen LogP contribution < -0.4 is 5.32 Å². The van der Waals surface area contributed by atoms with Crippen LogP contribution in [0.15, 0.2) is 30.3 Å². The molecule has 1 aromatic rings. The molecule has 1 aliphatic carbocycles. The number of aliphatic hydroxyl groups excluding tert-OH is 1. The van der Waals surface area contributed by atoms with Gasteiger partial charge in [0.25, 0.3) is 0 Å². The van der Waals surface area contributed by atoms with Crippen molar-refractivity contribution >= 4 is 7.60 Å². The van der Waals surface area contributed by atoms with Gasteiger partial charge in [-0.15, -0.1) is 0 Å². The molecule has 1 saturated carbocycles. The van der Waals surface area contributed by atoms with Crippen LogP contribution in [0.2, 0.25) is 0 Å². The molecule has 1 aliphatic rings. The molecule has 0 radical (unpaired) electrons. The van der Waals surface area contributed by atoms with Gasteiger partial charge in [-0.05, 0) is 24.3 Å². The number of nitrogens with one attached hydrogen (secondary N) is 1. The minimum atomic E-state index is -3.27. The van der Waals surface area contributed by atoms with Crippen LogP contribution in [0, 0.1) is 5.92 Å². The van der Waals surface area contributed by atoms with E-state index in [4.69, 9.17) is 9.05 Å². The Labute approximate surface area is 138 Å². The van der Waals surface area contributed by atoms with Gasteiger partial charge in [0.05, 0.1) is 12.6 Å². The zero-order valence-electron chi connectivity index (χ0n) is 14.0. The summed E-state index contributed by atoms with van der Waals surface area (Å²) in [5.41, 5.74) is 0.967. The molecule has 0 aliphatic heterocycles. The van der Waals surface area contributed by atoms with Gasteiger partial charge in [0.15, 0.2) is 0 Å². The second-order valence-corrected chi connectivity index (χ2v) is 8.43. The van der Waals surface area contributed by atoms with Crippen LogP contribution in [-0.4, -0.2) is 31.7 Å². The second kappa shape index (κ2) is 8.95. The number of benzene rings is 1. The van der Waals surface area contributed by atoms with Gasteiger partial charge < -0.3 is 14.2 Å². The van der Waals surface area contributed by atoms with Crippen molar-refractivity contribution in [3.8, 4) is 0 Å². The highest BCUT2D eigenvalue weighted by Gasteiger charge is 2.41. The van der Waals surface area contributed by atoms with Crippen molar-refractivity contribution in [3.63, 3.8) is 0 Å². The molecule has 0 spiro atoms. The Bertz CT molecular complexity index is 497. The molecular formula is C17H28NO4P. The molecule has 130 valence electrons. The van der Waals surface area contributed by atoms with Crippen molar-refractivity contribution < 1.29 is 18.7 Å². The van der Waals surface area contributed by atoms with E-state index in [-0.39, 0.29) is 18.6 Å². The van der Waals surface area contributed by atoms with Gasteiger partial charge in [0.1, 0.15) is 5.78 Å². The summed E-state index contributed by atoms with van der Waals surface area (Å²) in [6, 6.07) is 9.42. The standard InChI is InChI=1S/C17H28NO4P/c1-21-23(20,22-2)17(15-11-7-4-8-12-15)18-16(13-19)14-9-5-3-6-10-14/h3,5-6,9-10,15-19H,4,7-8,11-13H2,1-2H3/t16-,17-/m0/s1. The van der Waals surface area contributed by atoms with Gasteiger partial charge >= 0.3 is 7.60 Å². The normalized spacial score (nSPS) is 19.4. The highest BCUT2D eigenvalue weighted by atomic mass is 31.2. The molecule has 2 atom stereocenters. The number of aliphatic hydroxyl groups is 1. The van der Waals surface area contributed by atoms with Crippen molar-refractivity contribution in [2.75, 3.05) is 20.8 Å². The number of rotatable bonds is 8. The first-order valence-electron chi connectivity index (χ1n) is 8.27. The third kappa shape index (κ3) is 4.65.